The Morgan fingerprint density at radius 2 is 1.82 bits per heavy atom. The molecular formula is C31H33F3N4O2. The van der Waals surface area contributed by atoms with E-state index in [1.54, 1.807) is 0 Å². The largest absolute Gasteiger partial charge is 0.493 e. The van der Waals surface area contributed by atoms with Gasteiger partial charge in [-0.15, -0.1) is 0 Å². The van der Waals surface area contributed by atoms with Crippen molar-refractivity contribution in [3.8, 4) is 5.75 Å². The van der Waals surface area contributed by atoms with E-state index in [0.29, 0.717) is 30.6 Å². The number of likely N-dealkylation sites (tertiary alicyclic amines) is 1. The molecule has 1 aromatic carbocycles. The lowest BCUT2D eigenvalue weighted by atomic mass is 9.76. The molecule has 0 radical (unpaired) electrons. The summed E-state index contributed by atoms with van der Waals surface area (Å²) in [5, 5.41) is 2.27. The van der Waals surface area contributed by atoms with Gasteiger partial charge in [-0.2, -0.15) is 13.2 Å². The predicted molar refractivity (Wildman–Crippen MR) is 147 cm³/mol. The third kappa shape index (κ3) is 5.70. The molecule has 0 bridgehead atoms. The summed E-state index contributed by atoms with van der Waals surface area (Å²) < 4.78 is 44.2. The molecule has 1 aliphatic carbocycles. The Morgan fingerprint density at radius 3 is 2.60 bits per heavy atom. The zero-order valence-electron chi connectivity index (χ0n) is 22.3. The molecule has 1 aliphatic heterocycles. The molecule has 6 nitrogen and oxygen atoms in total. The molecule has 4 aromatic rings. The van der Waals surface area contributed by atoms with E-state index in [2.05, 4.69) is 32.0 Å². The van der Waals surface area contributed by atoms with Crippen molar-refractivity contribution in [3.05, 3.63) is 66.1 Å². The van der Waals surface area contributed by atoms with Gasteiger partial charge in [-0.1, -0.05) is 0 Å². The number of hydrogen-bond donors (Lipinski definition) is 1. The molecule has 3 aromatic heterocycles. The number of hydrogen-bond acceptors (Lipinski definition) is 5. The number of fused-ring (bicyclic) bond motifs is 3. The first-order valence-electron chi connectivity index (χ1n) is 14.1. The van der Waals surface area contributed by atoms with Crippen LogP contribution in [0.5, 0.6) is 5.75 Å². The number of Topliss-reactive ketones (excluding diaryl/α,β-unsaturated/α-hetero) is 1. The van der Waals surface area contributed by atoms with E-state index in [-0.39, 0.29) is 11.8 Å². The van der Waals surface area contributed by atoms with Crippen LogP contribution in [0.4, 0.5) is 13.2 Å². The first kappa shape index (κ1) is 26.7. The SMILES string of the molecule is O=C(CN1CCCC(COc2ccc(C(F)(F)F)cc2)C1)C1CCC(c2ccnc3cnc4[nH]ccc4c23)CC1. The lowest BCUT2D eigenvalue weighted by Gasteiger charge is -2.34. The Bertz CT molecular complexity index is 1480. The van der Waals surface area contributed by atoms with Crippen molar-refractivity contribution < 1.29 is 22.7 Å². The number of halogens is 3. The predicted octanol–water partition coefficient (Wildman–Crippen LogP) is 6.76. The molecule has 1 unspecified atom stereocenters. The maximum absolute atomic E-state index is 13.3. The van der Waals surface area contributed by atoms with E-state index in [1.165, 1.54) is 23.1 Å². The van der Waals surface area contributed by atoms with Crippen LogP contribution in [0.3, 0.4) is 0 Å². The number of aromatic amines is 1. The highest BCUT2D eigenvalue weighted by molar-refractivity contribution is 6.05. The Kier molecular flexibility index (Phi) is 7.49. The van der Waals surface area contributed by atoms with Gasteiger partial charge in [-0.05, 0) is 92.9 Å². The van der Waals surface area contributed by atoms with Gasteiger partial charge in [0.25, 0.3) is 0 Å². The van der Waals surface area contributed by atoms with Gasteiger partial charge in [0, 0.05) is 41.5 Å². The minimum atomic E-state index is -4.35. The number of carbonyl (C=O) groups is 1. The fourth-order valence-electron chi connectivity index (χ4n) is 6.48. The van der Waals surface area contributed by atoms with Gasteiger partial charge in [0.05, 0.1) is 30.4 Å². The third-order valence-electron chi connectivity index (χ3n) is 8.60. The maximum Gasteiger partial charge on any atom is 0.416 e. The first-order chi connectivity index (χ1) is 19.3. The second-order valence-corrected chi connectivity index (χ2v) is 11.2. The van der Waals surface area contributed by atoms with Gasteiger partial charge in [0.15, 0.2) is 0 Å². The number of nitrogens with zero attached hydrogens (tertiary/aromatic N) is 3. The van der Waals surface area contributed by atoms with Gasteiger partial charge in [-0.3, -0.25) is 14.7 Å². The fraction of sp³-hybridized carbons (Fsp3) is 0.452. The summed E-state index contributed by atoms with van der Waals surface area (Å²) in [5.41, 5.74) is 2.40. The molecule has 1 atom stereocenters. The Balaban J connectivity index is 1.01. The number of aromatic nitrogens is 3. The summed E-state index contributed by atoms with van der Waals surface area (Å²) in [6, 6.07) is 9.02. The number of pyridine rings is 2. The van der Waals surface area contributed by atoms with Crippen LogP contribution < -0.4 is 4.74 Å². The topological polar surface area (TPSA) is 71.1 Å². The fourth-order valence-corrected chi connectivity index (χ4v) is 6.48. The van der Waals surface area contributed by atoms with Gasteiger partial charge in [-0.25, -0.2) is 4.98 Å². The average molecular weight is 551 g/mol. The molecule has 0 amide bonds. The van der Waals surface area contributed by atoms with Crippen molar-refractivity contribution in [1.82, 2.24) is 19.9 Å². The smallest absolute Gasteiger partial charge is 0.416 e. The van der Waals surface area contributed by atoms with E-state index in [1.807, 2.05) is 18.6 Å². The van der Waals surface area contributed by atoms with Crippen LogP contribution in [0.25, 0.3) is 21.9 Å². The lowest BCUT2D eigenvalue weighted by molar-refractivity contribution is -0.137. The average Bonchev–Trinajstić information content (AvgIpc) is 3.45. The number of benzene rings is 1. The van der Waals surface area contributed by atoms with Crippen molar-refractivity contribution in [3.63, 3.8) is 0 Å². The van der Waals surface area contributed by atoms with E-state index < -0.39 is 11.7 Å². The number of nitrogens with one attached hydrogen (secondary N) is 1. The zero-order valence-corrected chi connectivity index (χ0v) is 22.3. The second kappa shape index (κ2) is 11.2. The van der Waals surface area contributed by atoms with Crippen molar-refractivity contribution >= 4 is 27.7 Å². The van der Waals surface area contributed by atoms with Gasteiger partial charge in [0.1, 0.15) is 17.2 Å². The number of ketones is 1. The number of piperidine rings is 1. The van der Waals surface area contributed by atoms with Crippen molar-refractivity contribution in [2.75, 3.05) is 26.2 Å². The molecule has 6 rings (SSSR count). The Morgan fingerprint density at radius 1 is 1.02 bits per heavy atom. The maximum atomic E-state index is 13.3. The molecular weight excluding hydrogens is 517 g/mol. The van der Waals surface area contributed by atoms with E-state index in [0.717, 1.165) is 80.3 Å². The van der Waals surface area contributed by atoms with Crippen LogP contribution in [-0.2, 0) is 11.0 Å². The number of alkyl halides is 3. The lowest BCUT2D eigenvalue weighted by Crippen LogP contribution is -2.42. The van der Waals surface area contributed by atoms with Crippen LogP contribution in [0.2, 0.25) is 0 Å². The molecule has 210 valence electrons. The standard InChI is InChI=1S/C31H33F3N4O2/c32-31(33,34)23-7-9-24(10-8-23)40-19-20-2-1-15-38(17-20)18-28(39)22-5-3-21(4-6-22)25-11-13-35-27-16-37-30-26(29(25)27)12-14-36-30/h7-14,16,20-22H,1-6,15,17-19H2,(H,36,37). The highest BCUT2D eigenvalue weighted by atomic mass is 19.4. The van der Waals surface area contributed by atoms with Crippen LogP contribution >= 0.6 is 0 Å². The molecule has 4 heterocycles. The molecule has 1 saturated heterocycles. The summed E-state index contributed by atoms with van der Waals surface area (Å²) >= 11 is 0. The molecule has 40 heavy (non-hydrogen) atoms. The van der Waals surface area contributed by atoms with Crippen molar-refractivity contribution in [2.24, 2.45) is 11.8 Å². The van der Waals surface area contributed by atoms with Gasteiger partial charge < -0.3 is 9.72 Å². The van der Waals surface area contributed by atoms with Crippen LogP contribution in [-0.4, -0.2) is 51.9 Å². The summed E-state index contributed by atoms with van der Waals surface area (Å²) in [7, 11) is 0. The Hall–Kier alpha value is -3.46. The monoisotopic (exact) mass is 550 g/mol. The number of H-pyrrole nitrogens is 1. The molecule has 9 heteroatoms. The minimum Gasteiger partial charge on any atom is -0.493 e. The summed E-state index contributed by atoms with van der Waals surface area (Å²) in [5.74, 6) is 1.49. The number of ether oxygens (including phenoxy) is 1. The highest BCUT2D eigenvalue weighted by Crippen LogP contribution is 2.40. The molecule has 0 spiro atoms. The third-order valence-corrected chi connectivity index (χ3v) is 8.60. The summed E-state index contributed by atoms with van der Waals surface area (Å²) in [6.07, 6.45) is 6.96. The normalized spacial score (nSPS) is 22.5. The van der Waals surface area contributed by atoms with Crippen LogP contribution in [0, 0.1) is 11.8 Å². The van der Waals surface area contributed by atoms with Gasteiger partial charge >= 0.3 is 6.18 Å². The molecule has 2 aliphatic rings. The first-order valence-corrected chi connectivity index (χ1v) is 14.1. The number of carbonyl (C=O) groups excluding carboxylic acids is 1. The van der Waals surface area contributed by atoms with Crippen LogP contribution in [0.15, 0.2) is 55.0 Å². The van der Waals surface area contributed by atoms with Crippen LogP contribution in [0.1, 0.15) is 55.6 Å². The zero-order chi connectivity index (χ0) is 27.7. The minimum absolute atomic E-state index is 0.0852. The number of rotatable bonds is 7. The highest BCUT2D eigenvalue weighted by Gasteiger charge is 2.31. The van der Waals surface area contributed by atoms with Gasteiger partial charge in [0.2, 0.25) is 0 Å². The van der Waals surface area contributed by atoms with E-state index in [4.69, 9.17) is 4.74 Å². The quantitative estimate of drug-likeness (QED) is 0.275. The summed E-state index contributed by atoms with van der Waals surface area (Å²) in [6.45, 7) is 2.55. The van der Waals surface area contributed by atoms with E-state index >= 15 is 0 Å². The molecule has 1 saturated carbocycles. The second-order valence-electron chi connectivity index (χ2n) is 11.2. The van der Waals surface area contributed by atoms with Crippen molar-refractivity contribution in [2.45, 2.75) is 50.6 Å². The van der Waals surface area contributed by atoms with E-state index in [9.17, 15) is 18.0 Å². The molecule has 1 N–H and O–H groups in total. The molecule has 2 fully saturated rings. The van der Waals surface area contributed by atoms with Crippen molar-refractivity contribution in [1.29, 1.82) is 0 Å². The summed E-state index contributed by atoms with van der Waals surface area (Å²) in [4.78, 5) is 27.7. The Labute approximate surface area is 230 Å².